The van der Waals surface area contributed by atoms with Crippen LogP contribution >= 0.6 is 0 Å². The van der Waals surface area contributed by atoms with Gasteiger partial charge in [0.05, 0.1) is 11.0 Å². The molecular weight excluding hydrogens is 402 g/mol. The largest absolute Gasteiger partial charge is 0.430 e. The Hall–Kier alpha value is -2.87. The molecule has 1 amide bonds. The van der Waals surface area contributed by atoms with E-state index in [-0.39, 0.29) is 17.2 Å². The second-order valence-corrected chi connectivity index (χ2v) is 10.2. The minimum Gasteiger partial charge on any atom is -0.430 e. The van der Waals surface area contributed by atoms with Crippen molar-refractivity contribution in [2.75, 3.05) is 13.1 Å². The van der Waals surface area contributed by atoms with Crippen molar-refractivity contribution in [1.29, 1.82) is 0 Å². The van der Waals surface area contributed by atoms with Crippen molar-refractivity contribution >= 4 is 23.7 Å². The molecule has 0 aromatic heterocycles. The number of hydrogen-bond donors (Lipinski definition) is 0. The fraction of sp³-hybridized carbons (Fsp3) is 0.519. The first-order valence-electron chi connectivity index (χ1n) is 11.2. The number of rotatable bonds is 3. The number of carbonyl (C=O) groups excluding carboxylic acids is 3. The molecule has 5 heteroatoms. The fourth-order valence-electron chi connectivity index (χ4n) is 4.74. The van der Waals surface area contributed by atoms with Crippen LogP contribution in [0.4, 0.5) is 0 Å². The lowest BCUT2D eigenvalue weighted by Gasteiger charge is -2.43. The molecule has 2 aliphatic rings. The molecule has 1 fully saturated rings. The predicted molar refractivity (Wildman–Crippen MR) is 124 cm³/mol. The van der Waals surface area contributed by atoms with Gasteiger partial charge in [0.1, 0.15) is 5.76 Å². The molecule has 1 saturated heterocycles. The molecule has 0 unspecified atom stereocenters. The summed E-state index contributed by atoms with van der Waals surface area (Å²) in [6, 6.07) is 3.96. The molecule has 0 N–H and O–H groups in total. The summed E-state index contributed by atoms with van der Waals surface area (Å²) >= 11 is 0. The van der Waals surface area contributed by atoms with Crippen molar-refractivity contribution in [2.24, 2.45) is 10.8 Å². The maximum atomic E-state index is 13.6. The highest BCUT2D eigenvalue weighted by molar-refractivity contribution is 6.23. The Morgan fingerprint density at radius 1 is 1.12 bits per heavy atom. The Bertz CT molecular complexity index is 1010. The number of hydrogen-bond acceptors (Lipinski definition) is 4. The predicted octanol–water partition coefficient (Wildman–Crippen LogP) is 4.58. The van der Waals surface area contributed by atoms with Crippen molar-refractivity contribution in [2.45, 2.75) is 67.2 Å². The van der Waals surface area contributed by atoms with Crippen molar-refractivity contribution in [3.8, 4) is 11.8 Å². The van der Waals surface area contributed by atoms with Crippen LogP contribution in [-0.2, 0) is 19.1 Å². The lowest BCUT2D eigenvalue weighted by atomic mass is 9.66. The number of ketones is 1. The first-order chi connectivity index (χ1) is 15.0. The zero-order valence-corrected chi connectivity index (χ0v) is 20.1. The van der Waals surface area contributed by atoms with E-state index < -0.39 is 5.41 Å². The molecule has 1 aliphatic heterocycles. The van der Waals surface area contributed by atoms with Crippen molar-refractivity contribution in [3.63, 3.8) is 0 Å². The molecule has 0 bridgehead atoms. The van der Waals surface area contributed by atoms with E-state index in [0.29, 0.717) is 37.3 Å². The number of aryl methyl sites for hydroxylation is 2. The lowest BCUT2D eigenvalue weighted by molar-refractivity contribution is -0.149. The van der Waals surface area contributed by atoms with E-state index in [9.17, 15) is 14.4 Å². The van der Waals surface area contributed by atoms with E-state index in [2.05, 4.69) is 11.8 Å². The smallest absolute Gasteiger partial charge is 0.316 e. The van der Waals surface area contributed by atoms with E-state index in [0.717, 1.165) is 41.5 Å². The third-order valence-corrected chi connectivity index (χ3v) is 6.52. The van der Waals surface area contributed by atoms with Crippen LogP contribution in [0.1, 0.15) is 75.6 Å². The van der Waals surface area contributed by atoms with Crippen LogP contribution in [0.2, 0.25) is 0 Å². The number of piperidine rings is 1. The monoisotopic (exact) mass is 435 g/mol. The first kappa shape index (κ1) is 23.8. The van der Waals surface area contributed by atoms with Gasteiger partial charge in [0.2, 0.25) is 6.41 Å². The number of allylic oxidation sites excluding steroid dienone is 2. The highest BCUT2D eigenvalue weighted by atomic mass is 16.5. The van der Waals surface area contributed by atoms with Gasteiger partial charge in [-0.05, 0) is 88.6 Å². The van der Waals surface area contributed by atoms with E-state index >= 15 is 0 Å². The zero-order chi connectivity index (χ0) is 23.7. The topological polar surface area (TPSA) is 63.7 Å². The maximum Gasteiger partial charge on any atom is 0.316 e. The molecule has 0 saturated carbocycles. The van der Waals surface area contributed by atoms with Gasteiger partial charge in [-0.15, -0.1) is 5.92 Å². The van der Waals surface area contributed by atoms with Crippen LogP contribution in [0.5, 0.6) is 0 Å². The number of carbonyl (C=O) groups is 3. The Morgan fingerprint density at radius 3 is 2.22 bits per heavy atom. The van der Waals surface area contributed by atoms with E-state index in [1.165, 1.54) is 0 Å². The lowest BCUT2D eigenvalue weighted by Crippen LogP contribution is -2.43. The molecule has 1 aromatic carbocycles. The Morgan fingerprint density at radius 2 is 1.72 bits per heavy atom. The second kappa shape index (κ2) is 8.94. The molecule has 3 rings (SSSR count). The van der Waals surface area contributed by atoms with Gasteiger partial charge in [-0.1, -0.05) is 5.92 Å². The summed E-state index contributed by atoms with van der Waals surface area (Å²) in [5.41, 5.74) is 3.20. The summed E-state index contributed by atoms with van der Waals surface area (Å²) in [6.07, 6.45) is 3.25. The fourth-order valence-corrected chi connectivity index (χ4v) is 4.74. The van der Waals surface area contributed by atoms with E-state index in [4.69, 9.17) is 4.74 Å². The number of esters is 1. The first-order valence-corrected chi connectivity index (χ1v) is 11.2. The Kier molecular flexibility index (Phi) is 6.64. The average molecular weight is 436 g/mol. The Labute approximate surface area is 191 Å². The van der Waals surface area contributed by atoms with E-state index in [1.807, 2.05) is 46.8 Å². The van der Waals surface area contributed by atoms with Gasteiger partial charge in [-0.2, -0.15) is 0 Å². The highest BCUT2D eigenvalue weighted by Crippen LogP contribution is 2.48. The Balaban J connectivity index is 2.11. The normalized spacial score (nSPS) is 18.3. The minimum atomic E-state index is -0.683. The average Bonchev–Trinajstić information content (AvgIpc) is 2.69. The van der Waals surface area contributed by atoms with Crippen LogP contribution in [0.15, 0.2) is 17.9 Å². The molecule has 0 atom stereocenters. The zero-order valence-electron chi connectivity index (χ0n) is 20.1. The molecule has 0 radical (unpaired) electrons. The molecule has 1 aromatic rings. The van der Waals surface area contributed by atoms with Crippen molar-refractivity contribution in [3.05, 3.63) is 40.1 Å². The van der Waals surface area contributed by atoms with Crippen LogP contribution < -0.4 is 0 Å². The van der Waals surface area contributed by atoms with E-state index in [1.54, 1.807) is 11.8 Å². The second-order valence-electron chi connectivity index (χ2n) is 10.2. The van der Waals surface area contributed by atoms with Gasteiger partial charge in [0.25, 0.3) is 0 Å². The molecule has 32 heavy (non-hydrogen) atoms. The molecule has 1 aliphatic carbocycles. The number of benzene rings is 1. The molecular formula is C27H33NO4. The SMILES string of the molecule is CC#Cc1cc(C)c(C2=C(OC(=O)C(C)(C)C)CC3(CCN(C=O)CC3)CC2=O)c(C)c1. The molecule has 1 spiro atoms. The van der Waals surface area contributed by atoms with Gasteiger partial charge in [0, 0.05) is 31.5 Å². The summed E-state index contributed by atoms with van der Waals surface area (Å²) in [6.45, 7) is 12.4. The molecule has 5 nitrogen and oxygen atoms in total. The van der Waals surface area contributed by atoms with Crippen LogP contribution in [0.25, 0.3) is 5.57 Å². The summed E-state index contributed by atoms with van der Waals surface area (Å²) in [7, 11) is 0. The quantitative estimate of drug-likeness (QED) is 0.396. The van der Waals surface area contributed by atoms with Gasteiger partial charge >= 0.3 is 5.97 Å². The van der Waals surface area contributed by atoms with Crippen molar-refractivity contribution < 1.29 is 19.1 Å². The van der Waals surface area contributed by atoms with Crippen LogP contribution in [0.3, 0.4) is 0 Å². The number of ether oxygens (including phenoxy) is 1. The van der Waals surface area contributed by atoms with Crippen molar-refractivity contribution in [1.82, 2.24) is 4.90 Å². The van der Waals surface area contributed by atoms with Crippen LogP contribution in [0, 0.1) is 36.5 Å². The van der Waals surface area contributed by atoms with Gasteiger partial charge in [-0.3, -0.25) is 14.4 Å². The van der Waals surface area contributed by atoms with Gasteiger partial charge in [-0.25, -0.2) is 0 Å². The summed E-state index contributed by atoms with van der Waals surface area (Å²) < 4.78 is 5.97. The van der Waals surface area contributed by atoms with Gasteiger partial charge < -0.3 is 9.64 Å². The highest BCUT2D eigenvalue weighted by Gasteiger charge is 2.44. The third kappa shape index (κ3) is 4.80. The number of nitrogens with zero attached hydrogens (tertiary/aromatic N) is 1. The standard InChI is InChI=1S/C27H33NO4/c1-7-8-20-13-18(2)23(19(3)14-20)24-21(30)15-27(9-11-28(17-29)12-10-27)16-22(24)32-25(31)26(4,5)6/h13-14,17H,9-12,15-16H2,1-6H3. The third-order valence-electron chi connectivity index (χ3n) is 6.52. The number of Topliss-reactive ketones (excluding diaryl/α,β-unsaturated/α-hetero) is 1. The minimum absolute atomic E-state index is 0.00744. The summed E-state index contributed by atoms with van der Waals surface area (Å²) in [5.74, 6) is 6.14. The molecule has 170 valence electrons. The number of likely N-dealkylation sites (tertiary alicyclic amines) is 1. The maximum absolute atomic E-state index is 13.6. The summed E-state index contributed by atoms with van der Waals surface area (Å²) in [5, 5.41) is 0. The summed E-state index contributed by atoms with van der Waals surface area (Å²) in [4.78, 5) is 39.4. The molecule has 1 heterocycles. The van der Waals surface area contributed by atoms with Gasteiger partial charge in [0.15, 0.2) is 5.78 Å². The van der Waals surface area contributed by atoms with Crippen LogP contribution in [-0.4, -0.2) is 36.2 Å². The number of amides is 1.